The molecule has 0 aliphatic carbocycles. The molecule has 0 fully saturated rings. The first-order valence-electron chi connectivity index (χ1n) is 13.6. The van der Waals surface area contributed by atoms with Gasteiger partial charge >= 0.3 is 11.9 Å². The van der Waals surface area contributed by atoms with Crippen LogP contribution in [0.25, 0.3) is 0 Å². The second kappa shape index (κ2) is 15.7. The van der Waals surface area contributed by atoms with Gasteiger partial charge in [-0.15, -0.1) is 0 Å². The van der Waals surface area contributed by atoms with Crippen LogP contribution in [0.5, 0.6) is 11.5 Å². The van der Waals surface area contributed by atoms with E-state index in [4.69, 9.17) is 5.73 Å². The number of amides is 3. The number of carbonyl (C=O) groups is 5. The molecule has 0 aliphatic rings. The smallest absolute Gasteiger partial charge is 0.326 e. The van der Waals surface area contributed by atoms with Gasteiger partial charge in [0.15, 0.2) is 0 Å². The van der Waals surface area contributed by atoms with Gasteiger partial charge in [-0.1, -0.05) is 54.6 Å². The first-order valence-corrected chi connectivity index (χ1v) is 13.6. The summed E-state index contributed by atoms with van der Waals surface area (Å²) in [5, 5.41) is 45.5. The van der Waals surface area contributed by atoms with Gasteiger partial charge in [-0.3, -0.25) is 19.2 Å². The fourth-order valence-corrected chi connectivity index (χ4v) is 4.31. The Morgan fingerprint density at radius 1 is 0.568 bits per heavy atom. The van der Waals surface area contributed by atoms with Crippen molar-refractivity contribution in [2.24, 2.45) is 5.73 Å². The third-order valence-electron chi connectivity index (χ3n) is 6.65. The summed E-state index contributed by atoms with van der Waals surface area (Å²) >= 11 is 0. The number of carboxylic acids is 2. The zero-order valence-corrected chi connectivity index (χ0v) is 23.6. The van der Waals surface area contributed by atoms with Crippen molar-refractivity contribution in [1.82, 2.24) is 16.0 Å². The maximum absolute atomic E-state index is 13.4. The van der Waals surface area contributed by atoms with E-state index < -0.39 is 60.2 Å². The van der Waals surface area contributed by atoms with E-state index in [1.807, 2.05) is 0 Å². The van der Waals surface area contributed by atoms with E-state index in [0.717, 1.165) is 5.56 Å². The Morgan fingerprint density at radius 3 is 1.50 bits per heavy atom. The van der Waals surface area contributed by atoms with E-state index in [2.05, 4.69) is 16.0 Å². The van der Waals surface area contributed by atoms with E-state index in [0.29, 0.717) is 11.1 Å². The van der Waals surface area contributed by atoms with Crippen LogP contribution in [-0.2, 0) is 43.2 Å². The van der Waals surface area contributed by atoms with Gasteiger partial charge in [-0.2, -0.15) is 0 Å². The topological polar surface area (TPSA) is 228 Å². The standard InChI is InChI=1S/C31H34N4O9/c32-23(14-18-4-2-1-3-5-18)28(40)33-25(17-27(38)39)30(42)34-24(15-19-6-10-21(36)11-7-19)29(41)35-26(31(43)44)16-20-8-12-22(37)13-9-20/h1-13,23-26,36-37H,14-17,32H2,(H,33,40)(H,34,42)(H,35,41)(H,38,39)(H,43,44). The average molecular weight is 607 g/mol. The Hall–Kier alpha value is -5.43. The fourth-order valence-electron chi connectivity index (χ4n) is 4.31. The molecule has 9 N–H and O–H groups in total. The summed E-state index contributed by atoms with van der Waals surface area (Å²) < 4.78 is 0. The molecule has 4 unspecified atom stereocenters. The van der Waals surface area contributed by atoms with Gasteiger partial charge in [0.25, 0.3) is 0 Å². The molecule has 3 aromatic carbocycles. The number of phenolic OH excluding ortho intramolecular Hbond substituents is 2. The number of rotatable bonds is 15. The van der Waals surface area contributed by atoms with Crippen LogP contribution in [0.3, 0.4) is 0 Å². The predicted molar refractivity (Wildman–Crippen MR) is 157 cm³/mol. The molecule has 0 saturated carbocycles. The third-order valence-corrected chi connectivity index (χ3v) is 6.65. The zero-order valence-electron chi connectivity index (χ0n) is 23.6. The highest BCUT2D eigenvalue weighted by Crippen LogP contribution is 2.14. The van der Waals surface area contributed by atoms with Crippen molar-refractivity contribution in [3.63, 3.8) is 0 Å². The molecular weight excluding hydrogens is 572 g/mol. The highest BCUT2D eigenvalue weighted by atomic mass is 16.4. The summed E-state index contributed by atoms with van der Waals surface area (Å²) in [6, 6.07) is 14.7. The van der Waals surface area contributed by atoms with Crippen LogP contribution in [0, 0.1) is 0 Å². The highest BCUT2D eigenvalue weighted by Gasteiger charge is 2.32. The van der Waals surface area contributed by atoms with Crippen LogP contribution in [0.15, 0.2) is 78.9 Å². The molecule has 0 aromatic heterocycles. The molecule has 13 nitrogen and oxygen atoms in total. The highest BCUT2D eigenvalue weighted by molar-refractivity contribution is 5.95. The summed E-state index contributed by atoms with van der Waals surface area (Å²) in [7, 11) is 0. The molecule has 0 heterocycles. The summed E-state index contributed by atoms with van der Waals surface area (Å²) in [5.74, 6) is -5.50. The lowest BCUT2D eigenvalue weighted by molar-refractivity contribution is -0.143. The Labute approximate surface area is 252 Å². The Morgan fingerprint density at radius 2 is 1.00 bits per heavy atom. The van der Waals surface area contributed by atoms with Gasteiger partial charge in [-0.25, -0.2) is 4.79 Å². The van der Waals surface area contributed by atoms with E-state index in [9.17, 15) is 44.4 Å². The number of nitrogens with two attached hydrogens (primary N) is 1. The van der Waals surface area contributed by atoms with Crippen LogP contribution in [0.4, 0.5) is 0 Å². The fraction of sp³-hybridized carbons (Fsp3) is 0.258. The van der Waals surface area contributed by atoms with E-state index in [-0.39, 0.29) is 30.8 Å². The number of carboxylic acid groups (broad SMARTS) is 2. The van der Waals surface area contributed by atoms with Crippen LogP contribution in [-0.4, -0.2) is 74.3 Å². The molecule has 0 saturated heterocycles. The summed E-state index contributed by atoms with van der Waals surface area (Å²) in [4.78, 5) is 63.1. The second-order valence-electron chi connectivity index (χ2n) is 10.2. The minimum atomic E-state index is -1.61. The molecule has 232 valence electrons. The monoisotopic (exact) mass is 606 g/mol. The number of aliphatic carboxylic acids is 2. The number of aromatic hydroxyl groups is 2. The number of phenols is 2. The lowest BCUT2D eigenvalue weighted by atomic mass is 10.0. The number of hydrogen-bond acceptors (Lipinski definition) is 8. The van der Waals surface area contributed by atoms with Crippen molar-refractivity contribution in [2.75, 3.05) is 0 Å². The molecule has 0 aliphatic heterocycles. The Kier molecular flexibility index (Phi) is 11.8. The van der Waals surface area contributed by atoms with Crippen molar-refractivity contribution in [1.29, 1.82) is 0 Å². The summed E-state index contributed by atoms with van der Waals surface area (Å²) in [5.41, 5.74) is 7.74. The van der Waals surface area contributed by atoms with Crippen LogP contribution < -0.4 is 21.7 Å². The largest absolute Gasteiger partial charge is 0.508 e. The first-order chi connectivity index (χ1) is 20.9. The van der Waals surface area contributed by atoms with Crippen LogP contribution >= 0.6 is 0 Å². The van der Waals surface area contributed by atoms with Gasteiger partial charge in [0.1, 0.15) is 29.6 Å². The quantitative estimate of drug-likeness (QED) is 0.119. The van der Waals surface area contributed by atoms with Gasteiger partial charge in [-0.05, 0) is 47.4 Å². The molecule has 3 rings (SSSR count). The van der Waals surface area contributed by atoms with E-state index in [1.54, 1.807) is 30.3 Å². The van der Waals surface area contributed by atoms with Gasteiger partial charge in [0, 0.05) is 12.8 Å². The molecule has 0 radical (unpaired) electrons. The normalized spacial score (nSPS) is 13.5. The Balaban J connectivity index is 1.79. The van der Waals surface area contributed by atoms with Crippen molar-refractivity contribution in [3.8, 4) is 11.5 Å². The lowest BCUT2D eigenvalue weighted by Gasteiger charge is -2.25. The summed E-state index contributed by atoms with van der Waals surface area (Å²) in [6.45, 7) is 0. The van der Waals surface area contributed by atoms with Gasteiger partial charge in [0.05, 0.1) is 12.5 Å². The molecule has 13 heteroatoms. The van der Waals surface area contributed by atoms with Crippen molar-refractivity contribution >= 4 is 29.7 Å². The molecule has 44 heavy (non-hydrogen) atoms. The van der Waals surface area contributed by atoms with Crippen molar-refractivity contribution < 1.29 is 44.4 Å². The molecule has 3 aromatic rings. The van der Waals surface area contributed by atoms with Crippen molar-refractivity contribution in [3.05, 3.63) is 95.6 Å². The van der Waals surface area contributed by atoms with E-state index >= 15 is 0 Å². The van der Waals surface area contributed by atoms with Gasteiger partial charge in [0.2, 0.25) is 17.7 Å². The molecule has 0 spiro atoms. The first kappa shape index (κ1) is 33.1. The molecule has 0 bridgehead atoms. The summed E-state index contributed by atoms with van der Waals surface area (Å²) in [6.07, 6.45) is -0.998. The van der Waals surface area contributed by atoms with Gasteiger partial charge < -0.3 is 42.1 Å². The SMILES string of the molecule is NC(Cc1ccccc1)C(=O)NC(CC(=O)O)C(=O)NC(Cc1ccc(O)cc1)C(=O)NC(Cc1ccc(O)cc1)C(=O)O. The third kappa shape index (κ3) is 10.4. The van der Waals surface area contributed by atoms with Crippen LogP contribution in [0.1, 0.15) is 23.1 Å². The second-order valence-corrected chi connectivity index (χ2v) is 10.2. The lowest BCUT2D eigenvalue weighted by Crippen LogP contribution is -2.58. The maximum atomic E-state index is 13.4. The molecular formula is C31H34N4O9. The molecule has 3 amide bonds. The minimum Gasteiger partial charge on any atom is -0.508 e. The Bertz CT molecular complexity index is 1450. The zero-order chi connectivity index (χ0) is 32.2. The number of hydrogen-bond donors (Lipinski definition) is 8. The predicted octanol–water partition coefficient (Wildman–Crippen LogP) is 0.467. The van der Waals surface area contributed by atoms with Crippen LogP contribution in [0.2, 0.25) is 0 Å². The maximum Gasteiger partial charge on any atom is 0.326 e. The minimum absolute atomic E-state index is 0.0228. The van der Waals surface area contributed by atoms with E-state index in [1.165, 1.54) is 48.5 Å². The number of nitrogens with one attached hydrogen (secondary N) is 3. The average Bonchev–Trinajstić information content (AvgIpc) is 2.98. The van der Waals surface area contributed by atoms with Crippen molar-refractivity contribution in [2.45, 2.75) is 49.9 Å². The number of carbonyl (C=O) groups excluding carboxylic acids is 3. The number of benzene rings is 3. The molecule has 4 atom stereocenters.